The molecular formula is C24H27ClFNO4. The van der Waals surface area contributed by atoms with Gasteiger partial charge in [0, 0.05) is 36.6 Å². The van der Waals surface area contributed by atoms with E-state index >= 15 is 0 Å². The van der Waals surface area contributed by atoms with E-state index in [0.29, 0.717) is 24.5 Å². The average molecular weight is 448 g/mol. The predicted octanol–water partition coefficient (Wildman–Crippen LogP) is 4.54. The molecule has 0 unspecified atom stereocenters. The Labute approximate surface area is 186 Å². The number of amides is 1. The highest BCUT2D eigenvalue weighted by atomic mass is 35.5. The van der Waals surface area contributed by atoms with Gasteiger partial charge in [0.2, 0.25) is 6.29 Å². The van der Waals surface area contributed by atoms with Crippen LogP contribution < -0.4 is 5.32 Å². The van der Waals surface area contributed by atoms with Gasteiger partial charge in [-0.25, -0.2) is 4.39 Å². The summed E-state index contributed by atoms with van der Waals surface area (Å²) < 4.78 is 24.9. The molecule has 0 aliphatic carbocycles. The zero-order chi connectivity index (χ0) is 22.2. The molecule has 0 bridgehead atoms. The van der Waals surface area contributed by atoms with Gasteiger partial charge >= 0.3 is 0 Å². The Kier molecular flexibility index (Phi) is 8.46. The summed E-state index contributed by atoms with van der Waals surface area (Å²) in [5.74, 6) is -0.718. The second kappa shape index (κ2) is 11.3. The molecule has 1 aliphatic rings. The lowest BCUT2D eigenvalue weighted by Crippen LogP contribution is -2.39. The summed E-state index contributed by atoms with van der Waals surface area (Å²) in [6, 6.07) is 13.4. The van der Waals surface area contributed by atoms with Crippen molar-refractivity contribution in [2.45, 2.75) is 38.5 Å². The molecule has 2 aromatic rings. The third kappa shape index (κ3) is 6.29. The molecule has 5 nitrogen and oxygen atoms in total. The molecule has 0 saturated heterocycles. The van der Waals surface area contributed by atoms with Gasteiger partial charge in [-0.05, 0) is 61.2 Å². The van der Waals surface area contributed by atoms with E-state index in [4.69, 9.17) is 21.1 Å². The molecule has 0 aromatic heterocycles. The maximum absolute atomic E-state index is 13.1. The number of nitrogens with one attached hydrogen (secondary N) is 1. The number of rotatable bonds is 9. The lowest BCUT2D eigenvalue weighted by Gasteiger charge is -2.37. The smallest absolute Gasteiger partial charge is 0.286 e. The third-order valence-electron chi connectivity index (χ3n) is 5.26. The topological polar surface area (TPSA) is 67.8 Å². The zero-order valence-electron chi connectivity index (χ0n) is 17.4. The van der Waals surface area contributed by atoms with E-state index in [9.17, 15) is 14.3 Å². The van der Waals surface area contributed by atoms with Gasteiger partial charge in [-0.3, -0.25) is 4.79 Å². The summed E-state index contributed by atoms with van der Waals surface area (Å²) in [5, 5.41) is 12.8. The van der Waals surface area contributed by atoms with Crippen LogP contribution in [0.25, 0.3) is 0 Å². The Hall–Kier alpha value is -2.41. The number of aliphatic hydroxyl groups excluding tert-OH is 1. The van der Waals surface area contributed by atoms with Gasteiger partial charge in [-0.15, -0.1) is 0 Å². The molecule has 1 heterocycles. The number of carbonyl (C=O) groups excluding carboxylic acids is 1. The van der Waals surface area contributed by atoms with Gasteiger partial charge in [-0.1, -0.05) is 35.9 Å². The fourth-order valence-corrected chi connectivity index (χ4v) is 3.83. The molecule has 7 heteroatoms. The number of hydrogen-bond acceptors (Lipinski definition) is 4. The molecule has 2 aromatic carbocycles. The van der Waals surface area contributed by atoms with E-state index in [0.717, 1.165) is 11.1 Å². The number of hydrogen-bond donors (Lipinski definition) is 2. The van der Waals surface area contributed by atoms with Crippen molar-refractivity contribution in [3.8, 4) is 0 Å². The maximum Gasteiger partial charge on any atom is 0.286 e. The first-order valence-corrected chi connectivity index (χ1v) is 10.8. The molecule has 1 amide bonds. The van der Waals surface area contributed by atoms with Crippen LogP contribution in [0, 0.1) is 11.7 Å². The molecule has 0 radical (unpaired) electrons. The second-order valence-corrected chi connectivity index (χ2v) is 7.83. The summed E-state index contributed by atoms with van der Waals surface area (Å²) in [5.41, 5.74) is 1.77. The van der Waals surface area contributed by atoms with Crippen molar-refractivity contribution in [3.63, 3.8) is 0 Å². The summed E-state index contributed by atoms with van der Waals surface area (Å²) in [4.78, 5) is 12.8. The first-order chi connectivity index (χ1) is 15.0. The van der Waals surface area contributed by atoms with E-state index in [1.54, 1.807) is 18.2 Å². The first-order valence-electron chi connectivity index (χ1n) is 10.4. The minimum absolute atomic E-state index is 0.0669. The fourth-order valence-electron chi connectivity index (χ4n) is 3.70. The Morgan fingerprint density at radius 2 is 1.90 bits per heavy atom. The molecular weight excluding hydrogens is 421 g/mol. The van der Waals surface area contributed by atoms with Crippen molar-refractivity contribution >= 4 is 17.5 Å². The maximum atomic E-state index is 13.1. The summed E-state index contributed by atoms with van der Waals surface area (Å²) in [6.07, 6.45) is 2.46. The number of carbonyl (C=O) groups is 1. The lowest BCUT2D eigenvalue weighted by molar-refractivity contribution is -0.166. The molecule has 0 saturated carbocycles. The van der Waals surface area contributed by atoms with Gasteiger partial charge in [0.25, 0.3) is 5.91 Å². The van der Waals surface area contributed by atoms with Crippen LogP contribution in [0.4, 0.5) is 4.39 Å². The summed E-state index contributed by atoms with van der Waals surface area (Å²) >= 11 is 6.05. The van der Waals surface area contributed by atoms with Crippen LogP contribution in [-0.4, -0.2) is 30.5 Å². The van der Waals surface area contributed by atoms with Crippen LogP contribution in [0.5, 0.6) is 0 Å². The van der Waals surface area contributed by atoms with E-state index in [1.165, 1.54) is 12.1 Å². The largest absolute Gasteiger partial charge is 0.459 e. The lowest BCUT2D eigenvalue weighted by atomic mass is 9.80. The Morgan fingerprint density at radius 1 is 1.19 bits per heavy atom. The number of halogens is 2. The van der Waals surface area contributed by atoms with Crippen molar-refractivity contribution in [2.75, 3.05) is 13.2 Å². The van der Waals surface area contributed by atoms with Crippen LogP contribution in [0.2, 0.25) is 5.02 Å². The SMILES string of the molecule is CCO[C@H]1OC(C(=O)NCc2ccc(F)cc2)=C[C@@H](c2ccc(Cl)cc2)[C@H]1CCCO. The average Bonchev–Trinajstić information content (AvgIpc) is 2.78. The minimum atomic E-state index is -0.617. The van der Waals surface area contributed by atoms with Crippen LogP contribution in [0.15, 0.2) is 60.4 Å². The molecule has 166 valence electrons. The Balaban J connectivity index is 1.83. The van der Waals surface area contributed by atoms with Crippen molar-refractivity contribution in [2.24, 2.45) is 5.92 Å². The highest BCUT2D eigenvalue weighted by molar-refractivity contribution is 6.30. The van der Waals surface area contributed by atoms with Crippen LogP contribution >= 0.6 is 11.6 Å². The van der Waals surface area contributed by atoms with Gasteiger partial charge in [0.1, 0.15) is 5.82 Å². The highest BCUT2D eigenvalue weighted by Gasteiger charge is 2.37. The number of aliphatic hydroxyl groups is 1. The van der Waals surface area contributed by atoms with Crippen molar-refractivity contribution in [1.82, 2.24) is 5.32 Å². The first kappa shape index (κ1) is 23.3. The van der Waals surface area contributed by atoms with E-state index in [1.807, 2.05) is 31.2 Å². The van der Waals surface area contributed by atoms with E-state index < -0.39 is 6.29 Å². The molecule has 3 rings (SSSR count). The van der Waals surface area contributed by atoms with Crippen LogP contribution in [0.3, 0.4) is 0 Å². The Bertz CT molecular complexity index is 885. The number of allylic oxidation sites excluding steroid dienone is 1. The molecule has 3 atom stereocenters. The van der Waals surface area contributed by atoms with Gasteiger partial charge < -0.3 is 19.9 Å². The van der Waals surface area contributed by atoms with Crippen LogP contribution in [-0.2, 0) is 20.8 Å². The van der Waals surface area contributed by atoms with Crippen molar-refractivity contribution in [3.05, 3.63) is 82.3 Å². The molecule has 0 spiro atoms. The molecule has 1 aliphatic heterocycles. The third-order valence-corrected chi connectivity index (χ3v) is 5.51. The summed E-state index contributed by atoms with van der Waals surface area (Å²) in [6.45, 7) is 2.62. The normalized spacial score (nSPS) is 20.6. The van der Waals surface area contributed by atoms with Gasteiger partial charge in [-0.2, -0.15) is 0 Å². The Morgan fingerprint density at radius 3 is 2.55 bits per heavy atom. The molecule has 2 N–H and O–H groups in total. The van der Waals surface area contributed by atoms with Gasteiger partial charge in [0.05, 0.1) is 0 Å². The fraction of sp³-hybridized carbons (Fsp3) is 0.375. The quantitative estimate of drug-likeness (QED) is 0.592. The summed E-state index contributed by atoms with van der Waals surface area (Å²) in [7, 11) is 0. The highest BCUT2D eigenvalue weighted by Crippen LogP contribution is 2.39. The number of ether oxygens (including phenoxy) is 2. The van der Waals surface area contributed by atoms with Gasteiger partial charge in [0.15, 0.2) is 5.76 Å². The predicted molar refractivity (Wildman–Crippen MR) is 117 cm³/mol. The molecule has 31 heavy (non-hydrogen) atoms. The zero-order valence-corrected chi connectivity index (χ0v) is 18.1. The van der Waals surface area contributed by atoms with Crippen molar-refractivity contribution < 1.29 is 23.8 Å². The second-order valence-electron chi connectivity index (χ2n) is 7.39. The van der Waals surface area contributed by atoms with Crippen molar-refractivity contribution in [1.29, 1.82) is 0 Å². The van der Waals surface area contributed by atoms with E-state index in [-0.39, 0.29) is 42.5 Å². The van der Waals surface area contributed by atoms with E-state index in [2.05, 4.69) is 5.32 Å². The van der Waals surface area contributed by atoms with Crippen LogP contribution in [0.1, 0.15) is 36.8 Å². The minimum Gasteiger partial charge on any atom is -0.459 e. The molecule has 0 fully saturated rings. The monoisotopic (exact) mass is 447 g/mol. The standard InChI is InChI=1S/C24H27ClFNO4/c1-2-30-24-20(4-3-13-28)21(17-7-9-18(25)10-8-17)14-22(31-24)23(29)27-15-16-5-11-19(26)12-6-16/h5-12,14,20-21,24,28H,2-4,13,15H2,1H3,(H,27,29)/t20-,21+,24+/m1/s1. The number of benzene rings is 2.